The Hall–Kier alpha value is -2.82. The lowest BCUT2D eigenvalue weighted by Crippen LogP contribution is -2.24. The molecule has 0 aliphatic rings. The van der Waals surface area contributed by atoms with Crippen LogP contribution in [0.1, 0.15) is 23.9 Å². The highest BCUT2D eigenvalue weighted by atomic mass is 16.5. The summed E-state index contributed by atoms with van der Waals surface area (Å²) < 4.78 is 7.01. The number of nitrogens with zero attached hydrogens (tertiary/aromatic N) is 2. The van der Waals surface area contributed by atoms with Crippen molar-refractivity contribution in [3.05, 3.63) is 70.0 Å². The predicted octanol–water partition coefficient (Wildman–Crippen LogP) is 3.60. The number of pyridine rings is 1. The fraction of sp³-hybridized carbons (Fsp3) is 0.263. The van der Waals surface area contributed by atoms with Crippen LogP contribution in [0.4, 0.5) is 5.69 Å². The number of benzene rings is 1. The minimum absolute atomic E-state index is 0.0313. The van der Waals surface area contributed by atoms with Gasteiger partial charge in [-0.25, -0.2) is 0 Å². The standard InChI is InChI=1S/C19H21N3O2/c1-4-20-17-10-16(18-13(2)21-24-14(18)3)12-22(19(17)23)11-15-8-6-5-7-9-15/h5-10,12,20H,4,11H2,1-3H3. The highest BCUT2D eigenvalue weighted by molar-refractivity contribution is 5.70. The first-order valence-electron chi connectivity index (χ1n) is 8.05. The van der Waals surface area contributed by atoms with Crippen LogP contribution in [0.2, 0.25) is 0 Å². The van der Waals surface area contributed by atoms with Crippen LogP contribution in [-0.2, 0) is 6.54 Å². The van der Waals surface area contributed by atoms with Crippen LogP contribution in [0, 0.1) is 13.8 Å². The first-order chi connectivity index (χ1) is 11.6. The smallest absolute Gasteiger partial charge is 0.274 e. The fourth-order valence-corrected chi connectivity index (χ4v) is 2.88. The maximum absolute atomic E-state index is 12.7. The van der Waals surface area contributed by atoms with Crippen molar-refractivity contribution < 1.29 is 4.52 Å². The number of nitrogens with one attached hydrogen (secondary N) is 1. The Morgan fingerprint density at radius 1 is 1.21 bits per heavy atom. The van der Waals surface area contributed by atoms with E-state index < -0.39 is 0 Å². The second kappa shape index (κ2) is 6.74. The average Bonchev–Trinajstić information content (AvgIpc) is 2.91. The third kappa shape index (κ3) is 3.11. The lowest BCUT2D eigenvalue weighted by atomic mass is 10.1. The molecule has 24 heavy (non-hydrogen) atoms. The monoisotopic (exact) mass is 323 g/mol. The Labute approximate surface area is 140 Å². The number of hydrogen-bond acceptors (Lipinski definition) is 4. The van der Waals surface area contributed by atoms with E-state index in [1.54, 1.807) is 4.57 Å². The molecule has 0 amide bonds. The molecule has 5 heteroatoms. The summed E-state index contributed by atoms with van der Waals surface area (Å²) in [5.74, 6) is 0.750. The number of hydrogen-bond donors (Lipinski definition) is 1. The number of rotatable bonds is 5. The summed E-state index contributed by atoms with van der Waals surface area (Å²) in [4.78, 5) is 12.7. The first-order valence-corrected chi connectivity index (χ1v) is 8.05. The summed E-state index contributed by atoms with van der Waals surface area (Å²) in [7, 11) is 0. The Morgan fingerprint density at radius 3 is 2.58 bits per heavy atom. The molecule has 0 atom stereocenters. The fourth-order valence-electron chi connectivity index (χ4n) is 2.88. The molecule has 2 aromatic heterocycles. The van der Waals surface area contributed by atoms with E-state index in [2.05, 4.69) is 10.5 Å². The van der Waals surface area contributed by atoms with E-state index in [1.807, 2.05) is 63.4 Å². The van der Waals surface area contributed by atoms with E-state index in [4.69, 9.17) is 4.52 Å². The van der Waals surface area contributed by atoms with Gasteiger partial charge in [0.1, 0.15) is 11.4 Å². The van der Waals surface area contributed by atoms with Crippen molar-refractivity contribution in [3.63, 3.8) is 0 Å². The normalized spacial score (nSPS) is 10.8. The summed E-state index contributed by atoms with van der Waals surface area (Å²) >= 11 is 0. The zero-order chi connectivity index (χ0) is 17.1. The third-order valence-corrected chi connectivity index (χ3v) is 3.97. The molecular weight excluding hydrogens is 302 g/mol. The van der Waals surface area contributed by atoms with Gasteiger partial charge in [0.15, 0.2) is 0 Å². The molecular formula is C19H21N3O2. The van der Waals surface area contributed by atoms with Gasteiger partial charge in [-0.2, -0.15) is 0 Å². The molecule has 1 aromatic carbocycles. The molecule has 3 aromatic rings. The highest BCUT2D eigenvalue weighted by Crippen LogP contribution is 2.27. The van der Waals surface area contributed by atoms with Crippen molar-refractivity contribution in [1.82, 2.24) is 9.72 Å². The summed E-state index contributed by atoms with van der Waals surface area (Å²) in [5, 5.41) is 7.18. The molecule has 0 saturated heterocycles. The van der Waals surface area contributed by atoms with Crippen molar-refractivity contribution >= 4 is 5.69 Å². The van der Waals surface area contributed by atoms with Gasteiger partial charge in [-0.1, -0.05) is 35.5 Å². The molecule has 3 rings (SSSR count). The predicted molar refractivity (Wildman–Crippen MR) is 95.4 cm³/mol. The summed E-state index contributed by atoms with van der Waals surface area (Å²) in [6.45, 7) is 6.98. The lowest BCUT2D eigenvalue weighted by molar-refractivity contribution is 0.393. The van der Waals surface area contributed by atoms with Crippen molar-refractivity contribution in [2.45, 2.75) is 27.3 Å². The number of aromatic nitrogens is 2. The van der Waals surface area contributed by atoms with Crippen LogP contribution in [-0.4, -0.2) is 16.3 Å². The molecule has 0 aliphatic heterocycles. The third-order valence-electron chi connectivity index (χ3n) is 3.97. The largest absolute Gasteiger partial charge is 0.381 e. The number of aryl methyl sites for hydroxylation is 2. The molecule has 5 nitrogen and oxygen atoms in total. The summed E-state index contributed by atoms with van der Waals surface area (Å²) in [6, 6.07) is 11.8. The van der Waals surface area contributed by atoms with Gasteiger partial charge in [0, 0.05) is 23.9 Å². The van der Waals surface area contributed by atoms with Crippen molar-refractivity contribution in [3.8, 4) is 11.1 Å². The van der Waals surface area contributed by atoms with Crippen LogP contribution < -0.4 is 10.9 Å². The number of anilines is 1. The van der Waals surface area contributed by atoms with E-state index >= 15 is 0 Å². The first kappa shape index (κ1) is 16.1. The Morgan fingerprint density at radius 2 is 1.96 bits per heavy atom. The molecule has 0 fully saturated rings. The van der Waals surface area contributed by atoms with Crippen LogP contribution in [0.3, 0.4) is 0 Å². The second-order valence-corrected chi connectivity index (χ2v) is 5.79. The lowest BCUT2D eigenvalue weighted by Gasteiger charge is -2.13. The quantitative estimate of drug-likeness (QED) is 0.779. The molecule has 0 saturated carbocycles. The van der Waals surface area contributed by atoms with Crippen LogP contribution in [0.5, 0.6) is 0 Å². The molecule has 124 valence electrons. The van der Waals surface area contributed by atoms with Crippen molar-refractivity contribution in [2.24, 2.45) is 0 Å². The summed E-state index contributed by atoms with van der Waals surface area (Å²) in [6.07, 6.45) is 1.88. The maximum atomic E-state index is 12.7. The maximum Gasteiger partial charge on any atom is 0.274 e. The average molecular weight is 323 g/mol. The van der Waals surface area contributed by atoms with Gasteiger partial charge >= 0.3 is 0 Å². The molecule has 0 radical (unpaired) electrons. The molecule has 0 unspecified atom stereocenters. The zero-order valence-electron chi connectivity index (χ0n) is 14.2. The van der Waals surface area contributed by atoms with Gasteiger partial charge < -0.3 is 14.4 Å². The Bertz CT molecular complexity index is 875. The van der Waals surface area contributed by atoms with Gasteiger partial charge in [0.25, 0.3) is 5.56 Å². The minimum Gasteiger partial charge on any atom is -0.381 e. The van der Waals surface area contributed by atoms with Gasteiger partial charge in [0.05, 0.1) is 12.2 Å². The van der Waals surface area contributed by atoms with Gasteiger partial charge in [-0.15, -0.1) is 0 Å². The van der Waals surface area contributed by atoms with E-state index in [1.165, 1.54) is 0 Å². The molecule has 0 spiro atoms. The van der Waals surface area contributed by atoms with Crippen LogP contribution >= 0.6 is 0 Å². The van der Waals surface area contributed by atoms with Crippen molar-refractivity contribution in [2.75, 3.05) is 11.9 Å². The van der Waals surface area contributed by atoms with E-state index in [0.717, 1.165) is 28.1 Å². The van der Waals surface area contributed by atoms with E-state index in [-0.39, 0.29) is 5.56 Å². The van der Waals surface area contributed by atoms with Gasteiger partial charge in [-0.05, 0) is 32.4 Å². The van der Waals surface area contributed by atoms with Gasteiger partial charge in [0.2, 0.25) is 0 Å². The molecule has 0 bridgehead atoms. The molecule has 0 aliphatic carbocycles. The minimum atomic E-state index is -0.0313. The Balaban J connectivity index is 2.12. The Kier molecular flexibility index (Phi) is 4.51. The van der Waals surface area contributed by atoms with E-state index in [9.17, 15) is 4.79 Å². The zero-order valence-corrected chi connectivity index (χ0v) is 14.2. The van der Waals surface area contributed by atoms with Gasteiger partial charge in [-0.3, -0.25) is 4.79 Å². The molecule has 2 heterocycles. The summed E-state index contributed by atoms with van der Waals surface area (Å²) in [5.41, 5.74) is 4.33. The topological polar surface area (TPSA) is 60.1 Å². The SMILES string of the molecule is CCNc1cc(-c2c(C)noc2C)cn(Cc2ccccc2)c1=O. The highest BCUT2D eigenvalue weighted by Gasteiger charge is 2.15. The van der Waals surface area contributed by atoms with Crippen LogP contribution in [0.15, 0.2) is 51.9 Å². The molecule has 1 N–H and O–H groups in total. The van der Waals surface area contributed by atoms with Crippen molar-refractivity contribution in [1.29, 1.82) is 0 Å². The van der Waals surface area contributed by atoms with E-state index in [0.29, 0.717) is 18.8 Å². The van der Waals surface area contributed by atoms with Crippen LogP contribution in [0.25, 0.3) is 11.1 Å². The second-order valence-electron chi connectivity index (χ2n) is 5.79.